The Hall–Kier alpha value is -2.42. The lowest BCUT2D eigenvalue weighted by molar-refractivity contribution is -0.736. The molecule has 27 heavy (non-hydrogen) atoms. The molecule has 0 N–H and O–H groups in total. The summed E-state index contributed by atoms with van der Waals surface area (Å²) in [7, 11) is 1.68. The van der Waals surface area contributed by atoms with E-state index in [2.05, 4.69) is 0 Å². The SMILES string of the molecule is [2H]C([2H])([2H])C1(C)c2cccc(C)c2-n2c(nc(-c3cc(C)cc(C)c3)[n+]2C)C1(C([2H])([2H])[2H])C([2H])([2H])[2H]. The predicted molar refractivity (Wildman–Crippen MR) is 110 cm³/mol. The van der Waals surface area contributed by atoms with Crippen LogP contribution in [0, 0.1) is 20.8 Å². The fourth-order valence-electron chi connectivity index (χ4n) is 4.08. The van der Waals surface area contributed by atoms with Crippen molar-refractivity contribution >= 4 is 0 Å². The Morgan fingerprint density at radius 3 is 2.30 bits per heavy atom. The topological polar surface area (TPSA) is 21.7 Å². The van der Waals surface area contributed by atoms with E-state index >= 15 is 0 Å². The van der Waals surface area contributed by atoms with Crippen molar-refractivity contribution in [2.45, 2.75) is 59.1 Å². The molecule has 0 saturated carbocycles. The van der Waals surface area contributed by atoms with Crippen molar-refractivity contribution in [3.8, 4) is 17.1 Å². The first-order valence-electron chi connectivity index (χ1n) is 13.5. The maximum atomic E-state index is 8.60. The van der Waals surface area contributed by atoms with Gasteiger partial charge >= 0.3 is 5.82 Å². The summed E-state index contributed by atoms with van der Waals surface area (Å²) in [5.41, 5.74) is -1.32. The van der Waals surface area contributed by atoms with Crippen LogP contribution in [-0.2, 0) is 17.9 Å². The molecule has 1 aliphatic rings. The lowest BCUT2D eigenvalue weighted by Gasteiger charge is -2.44. The van der Waals surface area contributed by atoms with Gasteiger partial charge in [0.05, 0.1) is 16.7 Å². The molecule has 0 aliphatic carbocycles. The second-order valence-electron chi connectivity index (χ2n) is 7.82. The first-order chi connectivity index (χ1) is 16.3. The lowest BCUT2D eigenvalue weighted by Crippen LogP contribution is -2.51. The standard InChI is InChI=1S/C24H30N3/c1-15-12-16(2)14-18(13-15)21-25-22-24(6,7)23(4,5)19-11-9-10-17(3)20(19)27(22)26(21)8/h9-14H,1-8H3/q+1/i4D3,6D3,7D3. The van der Waals surface area contributed by atoms with E-state index in [0.29, 0.717) is 22.6 Å². The van der Waals surface area contributed by atoms with Gasteiger partial charge in [-0.25, -0.2) is 0 Å². The van der Waals surface area contributed by atoms with Crippen LogP contribution in [0.5, 0.6) is 0 Å². The van der Waals surface area contributed by atoms with Crippen molar-refractivity contribution in [3.63, 3.8) is 0 Å². The summed E-state index contributed by atoms with van der Waals surface area (Å²) < 4.78 is 80.4. The monoisotopic (exact) mass is 369 g/mol. The molecule has 0 saturated heterocycles. The van der Waals surface area contributed by atoms with Crippen molar-refractivity contribution in [2.24, 2.45) is 7.05 Å². The smallest absolute Gasteiger partial charge is 0.147 e. The molecule has 2 heterocycles. The Kier molecular flexibility index (Phi) is 2.10. The molecule has 1 aromatic heterocycles. The van der Waals surface area contributed by atoms with Crippen molar-refractivity contribution in [3.05, 3.63) is 64.5 Å². The van der Waals surface area contributed by atoms with Crippen LogP contribution < -0.4 is 4.68 Å². The zero-order valence-corrected chi connectivity index (χ0v) is 16.3. The number of nitrogens with zero attached hydrogens (tertiary/aromatic N) is 3. The molecule has 0 spiro atoms. The van der Waals surface area contributed by atoms with E-state index in [1.807, 2.05) is 32.0 Å². The van der Waals surface area contributed by atoms with Crippen LogP contribution in [0.1, 0.15) is 67.9 Å². The minimum absolute atomic E-state index is 0.141. The molecule has 0 radical (unpaired) electrons. The molecule has 3 heteroatoms. The quantitative estimate of drug-likeness (QED) is 0.562. The van der Waals surface area contributed by atoms with E-state index in [1.165, 1.54) is 17.7 Å². The zero-order valence-electron chi connectivity index (χ0n) is 25.3. The summed E-state index contributed by atoms with van der Waals surface area (Å²) in [6, 6.07) is 10.7. The van der Waals surface area contributed by atoms with Crippen LogP contribution in [0.25, 0.3) is 17.1 Å². The minimum atomic E-state index is -3.25. The Labute approximate surface area is 175 Å². The van der Waals surface area contributed by atoms with Crippen LogP contribution in [0.2, 0.25) is 0 Å². The van der Waals surface area contributed by atoms with Gasteiger partial charge in [-0.15, -0.1) is 9.36 Å². The van der Waals surface area contributed by atoms with Gasteiger partial charge in [-0.3, -0.25) is 0 Å². The van der Waals surface area contributed by atoms with Gasteiger partial charge in [0.15, 0.2) is 0 Å². The van der Waals surface area contributed by atoms with Gasteiger partial charge in [-0.05, 0) is 73.8 Å². The zero-order chi connectivity index (χ0) is 27.2. The third-order valence-corrected chi connectivity index (χ3v) is 5.57. The molecule has 1 unspecified atom stereocenters. The van der Waals surface area contributed by atoms with Gasteiger partial charge in [0.25, 0.3) is 5.82 Å². The van der Waals surface area contributed by atoms with E-state index in [0.717, 1.165) is 11.1 Å². The van der Waals surface area contributed by atoms with Crippen LogP contribution in [0.15, 0.2) is 36.4 Å². The normalized spacial score (nSPS) is 26.6. The fraction of sp³-hybridized carbons (Fsp3) is 0.417. The molecule has 2 aromatic carbocycles. The third-order valence-electron chi connectivity index (χ3n) is 5.57. The number of rotatable bonds is 1. The summed E-state index contributed by atoms with van der Waals surface area (Å²) in [6.07, 6.45) is 0. The summed E-state index contributed by atoms with van der Waals surface area (Å²) >= 11 is 0. The first kappa shape index (κ1) is 10.2. The molecule has 0 bridgehead atoms. The van der Waals surface area contributed by atoms with Crippen LogP contribution >= 0.6 is 0 Å². The maximum Gasteiger partial charge on any atom is 0.351 e. The molecule has 4 rings (SSSR count). The first-order valence-corrected chi connectivity index (χ1v) is 8.99. The summed E-state index contributed by atoms with van der Waals surface area (Å²) in [4.78, 5) is 4.69. The van der Waals surface area contributed by atoms with Crippen molar-refractivity contribution in [1.29, 1.82) is 0 Å². The van der Waals surface area contributed by atoms with Gasteiger partial charge in [-0.1, -0.05) is 38.0 Å². The predicted octanol–water partition coefficient (Wildman–Crippen LogP) is 4.86. The average Bonchev–Trinajstić information content (AvgIpc) is 3.01. The summed E-state index contributed by atoms with van der Waals surface area (Å²) in [6.45, 7) is -2.62. The van der Waals surface area contributed by atoms with E-state index < -0.39 is 31.4 Å². The van der Waals surface area contributed by atoms with E-state index in [-0.39, 0.29) is 11.4 Å². The van der Waals surface area contributed by atoms with Crippen molar-refractivity contribution in [1.82, 2.24) is 9.67 Å². The average molecular weight is 370 g/mol. The number of benzene rings is 2. The van der Waals surface area contributed by atoms with Crippen molar-refractivity contribution < 1.29 is 17.0 Å². The van der Waals surface area contributed by atoms with Gasteiger partial charge in [0.2, 0.25) is 0 Å². The van der Waals surface area contributed by atoms with Crippen LogP contribution in [0.3, 0.4) is 0 Å². The Morgan fingerprint density at radius 1 is 1.00 bits per heavy atom. The molecule has 1 aliphatic heterocycles. The molecule has 0 fully saturated rings. The van der Waals surface area contributed by atoms with E-state index in [9.17, 15) is 0 Å². The summed E-state index contributed by atoms with van der Waals surface area (Å²) in [5, 5.41) is 0. The minimum Gasteiger partial charge on any atom is -0.147 e. The molecule has 3 nitrogen and oxygen atoms in total. The molecular formula is C24H30N3+. The van der Waals surface area contributed by atoms with Gasteiger partial charge in [0, 0.05) is 17.8 Å². The van der Waals surface area contributed by atoms with Gasteiger partial charge in [0.1, 0.15) is 7.05 Å². The Bertz CT molecular complexity index is 1330. The third kappa shape index (κ3) is 2.33. The highest BCUT2D eigenvalue weighted by atomic mass is 15.5. The largest absolute Gasteiger partial charge is 0.351 e. The molecule has 140 valence electrons. The number of para-hydroxylation sites is 1. The molecule has 1 atom stereocenters. The van der Waals surface area contributed by atoms with Gasteiger partial charge < -0.3 is 0 Å². The maximum absolute atomic E-state index is 8.60. The van der Waals surface area contributed by atoms with Gasteiger partial charge in [-0.2, -0.15) is 0 Å². The van der Waals surface area contributed by atoms with E-state index in [1.54, 1.807) is 30.8 Å². The summed E-state index contributed by atoms with van der Waals surface area (Å²) in [5.74, 6) is 0.0401. The molecule has 3 aromatic rings. The number of aromatic nitrogens is 3. The number of hydrogen-bond donors (Lipinski definition) is 0. The van der Waals surface area contributed by atoms with Crippen LogP contribution in [0.4, 0.5) is 0 Å². The lowest BCUT2D eigenvalue weighted by atomic mass is 9.61. The second kappa shape index (κ2) is 5.54. The number of aryl methyl sites for hydroxylation is 3. The Morgan fingerprint density at radius 2 is 1.67 bits per heavy atom. The highest BCUT2D eigenvalue weighted by molar-refractivity contribution is 5.59. The fourth-order valence-corrected chi connectivity index (χ4v) is 4.08. The van der Waals surface area contributed by atoms with Crippen molar-refractivity contribution in [2.75, 3.05) is 0 Å². The van der Waals surface area contributed by atoms with Crippen LogP contribution in [-0.4, -0.2) is 9.67 Å². The second-order valence-corrected chi connectivity index (χ2v) is 7.82. The highest BCUT2D eigenvalue weighted by Gasteiger charge is 2.53. The highest BCUT2D eigenvalue weighted by Crippen LogP contribution is 2.49. The number of hydrogen-bond acceptors (Lipinski definition) is 1. The molecular weight excluding hydrogens is 330 g/mol. The van der Waals surface area contributed by atoms with E-state index in [4.69, 9.17) is 17.3 Å². The molecule has 0 amide bonds. The number of fused-ring (bicyclic) bond motifs is 3. The Balaban J connectivity index is 2.32.